The zero-order chi connectivity index (χ0) is 18.3. The summed E-state index contributed by atoms with van der Waals surface area (Å²) in [6.07, 6.45) is 2.09. The summed E-state index contributed by atoms with van der Waals surface area (Å²) in [5, 5.41) is 16.9. The van der Waals surface area contributed by atoms with E-state index in [1.54, 1.807) is 48.3 Å². The summed E-state index contributed by atoms with van der Waals surface area (Å²) in [5.41, 5.74) is 1.81. The van der Waals surface area contributed by atoms with Gasteiger partial charge in [-0.2, -0.15) is 0 Å². The van der Waals surface area contributed by atoms with Gasteiger partial charge in [0, 0.05) is 12.3 Å². The van der Waals surface area contributed by atoms with Gasteiger partial charge < -0.3 is 19.6 Å². The number of fused-ring (bicyclic) bond motifs is 2. The Morgan fingerprint density at radius 1 is 1.35 bits per heavy atom. The molecule has 0 aromatic carbocycles. The lowest BCUT2D eigenvalue weighted by Crippen LogP contribution is -2.25. The monoisotopic (exact) mass is 353 g/mol. The van der Waals surface area contributed by atoms with Gasteiger partial charge in [-0.15, -0.1) is 5.10 Å². The second-order valence-electron chi connectivity index (χ2n) is 5.64. The first-order chi connectivity index (χ1) is 12.6. The average molecular weight is 353 g/mol. The molecule has 0 saturated heterocycles. The molecule has 2 N–H and O–H groups in total. The number of rotatable bonds is 4. The van der Waals surface area contributed by atoms with Crippen LogP contribution in [-0.4, -0.2) is 43.8 Å². The maximum Gasteiger partial charge on any atom is 0.254 e. The van der Waals surface area contributed by atoms with Crippen molar-refractivity contribution in [3.63, 3.8) is 0 Å². The number of aliphatic hydroxyl groups excluding tert-OH is 1. The third kappa shape index (κ3) is 2.64. The Hall–Kier alpha value is -3.46. The van der Waals surface area contributed by atoms with E-state index >= 15 is 0 Å². The molecule has 0 aliphatic heterocycles. The fourth-order valence-electron chi connectivity index (χ4n) is 2.57. The number of pyridine rings is 1. The lowest BCUT2D eigenvalue weighted by molar-refractivity contribution is -0.123. The van der Waals surface area contributed by atoms with E-state index < -0.39 is 12.0 Å². The Morgan fingerprint density at radius 3 is 2.96 bits per heavy atom. The molecule has 4 aromatic heterocycles. The number of furan rings is 1. The lowest BCUT2D eigenvalue weighted by atomic mass is 10.3. The Balaban J connectivity index is 1.80. The van der Waals surface area contributed by atoms with Gasteiger partial charge >= 0.3 is 0 Å². The van der Waals surface area contributed by atoms with Crippen molar-refractivity contribution in [3.05, 3.63) is 36.7 Å². The van der Waals surface area contributed by atoms with Crippen LogP contribution in [0.1, 0.15) is 6.92 Å². The number of nitrogens with zero attached hydrogens (tertiary/aromatic N) is 4. The third-order valence-electron chi connectivity index (χ3n) is 3.85. The van der Waals surface area contributed by atoms with E-state index in [-0.39, 0.29) is 5.82 Å². The van der Waals surface area contributed by atoms with E-state index in [2.05, 4.69) is 20.4 Å². The minimum absolute atomic E-state index is 0.290. The Morgan fingerprint density at radius 2 is 2.19 bits per heavy atom. The number of aromatic nitrogens is 4. The first kappa shape index (κ1) is 16.0. The first-order valence-electron chi connectivity index (χ1n) is 7.83. The zero-order valence-electron chi connectivity index (χ0n) is 14.0. The zero-order valence-corrected chi connectivity index (χ0v) is 14.0. The van der Waals surface area contributed by atoms with Crippen LogP contribution in [0.3, 0.4) is 0 Å². The van der Waals surface area contributed by atoms with Crippen molar-refractivity contribution >= 4 is 28.3 Å². The van der Waals surface area contributed by atoms with Crippen LogP contribution >= 0.6 is 0 Å². The highest BCUT2D eigenvalue weighted by atomic mass is 16.5. The number of carbonyl (C=O) groups is 1. The largest absolute Gasteiger partial charge is 0.480 e. The van der Waals surface area contributed by atoms with Crippen molar-refractivity contribution in [2.75, 3.05) is 12.4 Å². The summed E-state index contributed by atoms with van der Waals surface area (Å²) in [7, 11) is 1.54. The fraction of sp³-hybridized carbons (Fsp3) is 0.176. The minimum Gasteiger partial charge on any atom is -0.480 e. The molecule has 0 unspecified atom stereocenters. The smallest absolute Gasteiger partial charge is 0.254 e. The van der Waals surface area contributed by atoms with Crippen LogP contribution in [-0.2, 0) is 4.79 Å². The number of aliphatic hydroxyl groups is 1. The molecule has 0 radical (unpaired) electrons. The van der Waals surface area contributed by atoms with Crippen molar-refractivity contribution in [1.29, 1.82) is 0 Å². The van der Waals surface area contributed by atoms with Gasteiger partial charge in [0.15, 0.2) is 17.2 Å². The minimum atomic E-state index is -1.13. The summed E-state index contributed by atoms with van der Waals surface area (Å²) in [6, 6.07) is 6.86. The predicted molar refractivity (Wildman–Crippen MR) is 92.9 cm³/mol. The summed E-state index contributed by atoms with van der Waals surface area (Å²) >= 11 is 0. The fourth-order valence-corrected chi connectivity index (χ4v) is 2.57. The van der Waals surface area contributed by atoms with Crippen molar-refractivity contribution in [2.45, 2.75) is 13.0 Å². The molecule has 9 heteroatoms. The Bertz CT molecular complexity index is 1110. The van der Waals surface area contributed by atoms with E-state index in [0.29, 0.717) is 28.6 Å². The molecule has 1 amide bonds. The van der Waals surface area contributed by atoms with Crippen molar-refractivity contribution in [2.24, 2.45) is 0 Å². The molecule has 1 atom stereocenters. The summed E-state index contributed by atoms with van der Waals surface area (Å²) in [5.74, 6) is 0.741. The number of carbonyl (C=O) groups excluding carboxylic acids is 1. The van der Waals surface area contributed by atoms with E-state index in [9.17, 15) is 9.90 Å². The molecular formula is C17H15N5O4. The molecule has 0 aliphatic carbocycles. The molecule has 4 heterocycles. The molecule has 4 rings (SSSR count). The highest BCUT2D eigenvalue weighted by Crippen LogP contribution is 2.32. The average Bonchev–Trinajstić information content (AvgIpc) is 3.24. The predicted octanol–water partition coefficient (Wildman–Crippen LogP) is 1.87. The van der Waals surface area contributed by atoms with Gasteiger partial charge in [0.2, 0.25) is 5.88 Å². The first-order valence-corrected chi connectivity index (χ1v) is 7.83. The number of methoxy groups -OCH3 is 1. The van der Waals surface area contributed by atoms with Crippen LogP contribution in [0.2, 0.25) is 0 Å². The molecule has 0 saturated carbocycles. The van der Waals surface area contributed by atoms with E-state index in [0.717, 1.165) is 5.39 Å². The van der Waals surface area contributed by atoms with E-state index in [1.165, 1.54) is 6.92 Å². The van der Waals surface area contributed by atoms with Crippen LogP contribution in [0.25, 0.3) is 28.1 Å². The number of nitrogens with one attached hydrogen (secondary N) is 1. The summed E-state index contributed by atoms with van der Waals surface area (Å²) in [4.78, 5) is 20.1. The Labute approximate surface area is 147 Å². The van der Waals surface area contributed by atoms with Crippen molar-refractivity contribution < 1.29 is 19.1 Å². The lowest BCUT2D eigenvalue weighted by Gasteiger charge is -2.06. The number of hydrogen-bond acceptors (Lipinski definition) is 7. The maximum absolute atomic E-state index is 11.7. The Kier molecular flexibility index (Phi) is 3.77. The highest BCUT2D eigenvalue weighted by Gasteiger charge is 2.16. The topological polar surface area (TPSA) is 115 Å². The van der Waals surface area contributed by atoms with E-state index in [4.69, 9.17) is 9.15 Å². The number of anilines is 1. The third-order valence-corrected chi connectivity index (χ3v) is 3.85. The summed E-state index contributed by atoms with van der Waals surface area (Å²) in [6.45, 7) is 1.38. The van der Waals surface area contributed by atoms with E-state index in [1.807, 2.05) is 0 Å². The van der Waals surface area contributed by atoms with Gasteiger partial charge in [-0.1, -0.05) is 0 Å². The number of ether oxygens (including phenoxy) is 1. The number of amides is 1. The van der Waals surface area contributed by atoms with Gasteiger partial charge in [0.1, 0.15) is 17.4 Å². The van der Waals surface area contributed by atoms with Crippen LogP contribution in [0.5, 0.6) is 5.88 Å². The molecule has 0 spiro atoms. The molecule has 9 nitrogen and oxygen atoms in total. The number of imidazole rings is 1. The summed E-state index contributed by atoms with van der Waals surface area (Å²) < 4.78 is 12.7. The van der Waals surface area contributed by atoms with Gasteiger partial charge in [0.25, 0.3) is 5.91 Å². The van der Waals surface area contributed by atoms with Crippen molar-refractivity contribution in [3.8, 4) is 17.3 Å². The molecule has 4 aromatic rings. The molecule has 0 fully saturated rings. The second-order valence-corrected chi connectivity index (χ2v) is 5.64. The molecule has 0 aliphatic rings. The molecule has 0 bridgehead atoms. The quantitative estimate of drug-likeness (QED) is 0.575. The van der Waals surface area contributed by atoms with Crippen LogP contribution in [0.4, 0.5) is 5.82 Å². The highest BCUT2D eigenvalue weighted by molar-refractivity contribution is 5.93. The maximum atomic E-state index is 11.7. The second kappa shape index (κ2) is 6.12. The molecular weight excluding hydrogens is 338 g/mol. The normalized spacial score (nSPS) is 12.4. The van der Waals surface area contributed by atoms with Gasteiger partial charge in [-0.3, -0.25) is 4.79 Å². The van der Waals surface area contributed by atoms with Gasteiger partial charge in [0.05, 0.1) is 18.7 Å². The van der Waals surface area contributed by atoms with Gasteiger partial charge in [-0.05, 0) is 25.1 Å². The molecule has 132 valence electrons. The van der Waals surface area contributed by atoms with Gasteiger partial charge in [-0.25, -0.2) is 14.5 Å². The number of hydrogen-bond donors (Lipinski definition) is 2. The standard InChI is InChI=1S/C17H15N5O4/c1-9(23)16(24)20-14-3-4-15-19-8-11(22(15)21-14)13-7-10-12(26-13)5-6-18-17(10)25-2/h3-9,23H,1-2H3,(H,20,21,24)/t9-/m0/s1. The van der Waals surface area contributed by atoms with Crippen LogP contribution < -0.4 is 10.1 Å². The SMILES string of the molecule is COc1nccc2oc(-c3cnc4ccc(NC(=O)[C@H](C)O)nn34)cc12. The molecule has 26 heavy (non-hydrogen) atoms. The van der Waals surface area contributed by atoms with Crippen LogP contribution in [0.15, 0.2) is 41.1 Å². The van der Waals surface area contributed by atoms with Crippen LogP contribution in [0, 0.1) is 0 Å². The van der Waals surface area contributed by atoms with Crippen molar-refractivity contribution in [1.82, 2.24) is 19.6 Å².